The summed E-state index contributed by atoms with van der Waals surface area (Å²) < 4.78 is 27.2. The second kappa shape index (κ2) is 8.67. The fourth-order valence-corrected chi connectivity index (χ4v) is 4.11. The first-order valence-electron chi connectivity index (χ1n) is 9.04. The van der Waals surface area contributed by atoms with Gasteiger partial charge >= 0.3 is 0 Å². The van der Waals surface area contributed by atoms with Crippen molar-refractivity contribution in [2.75, 3.05) is 0 Å². The predicted octanol–water partition coefficient (Wildman–Crippen LogP) is 3.57. The molecule has 0 saturated heterocycles. The van der Waals surface area contributed by atoms with Crippen molar-refractivity contribution in [1.82, 2.24) is 10.0 Å². The Morgan fingerprint density at radius 3 is 2.15 bits per heavy atom. The lowest BCUT2D eigenvalue weighted by Gasteiger charge is -2.20. The molecule has 0 aliphatic heterocycles. The molecular weight excluding hydrogens is 360 g/mol. The van der Waals surface area contributed by atoms with Crippen molar-refractivity contribution in [2.45, 2.75) is 57.0 Å². The predicted molar refractivity (Wildman–Crippen MR) is 108 cm³/mol. The van der Waals surface area contributed by atoms with Crippen molar-refractivity contribution >= 4 is 15.9 Å². The molecule has 0 aliphatic carbocycles. The quantitative estimate of drug-likeness (QED) is 0.761. The maximum Gasteiger partial charge on any atom is 0.241 e. The van der Waals surface area contributed by atoms with Crippen LogP contribution < -0.4 is 10.0 Å². The molecule has 0 saturated carbocycles. The number of hydrogen-bond acceptors (Lipinski definition) is 3. The molecule has 2 N–H and O–H groups in total. The maximum atomic E-state index is 12.3. The van der Waals surface area contributed by atoms with Gasteiger partial charge in [0.15, 0.2) is 0 Å². The Bertz CT molecular complexity index is 855. The zero-order chi connectivity index (χ0) is 20.1. The van der Waals surface area contributed by atoms with E-state index in [9.17, 15) is 13.2 Å². The van der Waals surface area contributed by atoms with Gasteiger partial charge in [0.2, 0.25) is 15.9 Å². The summed E-state index contributed by atoms with van der Waals surface area (Å²) in [5.74, 6) is -0.0301. The molecule has 0 aliphatic rings. The molecule has 5 nitrogen and oxygen atoms in total. The third kappa shape index (κ3) is 6.81. The molecule has 0 fully saturated rings. The Balaban J connectivity index is 1.90. The largest absolute Gasteiger partial charge is 0.350 e. The molecule has 1 amide bonds. The third-order valence-electron chi connectivity index (χ3n) is 3.99. The van der Waals surface area contributed by atoms with E-state index in [4.69, 9.17) is 0 Å². The van der Waals surface area contributed by atoms with Gasteiger partial charge in [0.25, 0.3) is 0 Å². The number of rotatable bonds is 7. The van der Waals surface area contributed by atoms with Crippen molar-refractivity contribution in [3.8, 4) is 0 Å². The number of aryl methyl sites for hydroxylation is 1. The number of amides is 1. The molecule has 27 heavy (non-hydrogen) atoms. The lowest BCUT2D eigenvalue weighted by atomic mass is 10.1. The molecular formula is C21H28N2O3S. The third-order valence-corrected chi connectivity index (χ3v) is 5.77. The van der Waals surface area contributed by atoms with Gasteiger partial charge in [0, 0.05) is 12.0 Å². The number of benzene rings is 2. The fraction of sp³-hybridized carbons (Fsp3) is 0.381. The van der Waals surface area contributed by atoms with Crippen LogP contribution in [-0.2, 0) is 21.2 Å². The zero-order valence-corrected chi connectivity index (χ0v) is 17.1. The van der Waals surface area contributed by atoms with E-state index in [1.54, 1.807) is 45.0 Å². The Morgan fingerprint density at radius 2 is 1.59 bits per heavy atom. The molecule has 0 heterocycles. The standard InChI is InChI=1S/C21H28N2O3S/c1-16(18-8-6-5-7-9-18)22-20(24)15-12-17-10-13-19(14-11-17)27(25,26)23-21(2,3)4/h5-11,13-14,16,23H,12,15H2,1-4H3,(H,22,24)/t16-/m0/s1. The van der Waals surface area contributed by atoms with E-state index >= 15 is 0 Å². The van der Waals surface area contributed by atoms with Crippen LogP contribution in [0, 0.1) is 0 Å². The van der Waals surface area contributed by atoms with Crippen LogP contribution in [0.1, 0.15) is 51.3 Å². The highest BCUT2D eigenvalue weighted by Crippen LogP contribution is 2.15. The fourth-order valence-electron chi connectivity index (χ4n) is 2.69. The van der Waals surface area contributed by atoms with Crippen LogP contribution in [0.25, 0.3) is 0 Å². The molecule has 2 aromatic carbocycles. The van der Waals surface area contributed by atoms with Gasteiger partial charge in [-0.15, -0.1) is 0 Å². The molecule has 0 unspecified atom stereocenters. The summed E-state index contributed by atoms with van der Waals surface area (Å²) in [6.07, 6.45) is 0.907. The topological polar surface area (TPSA) is 75.3 Å². The molecule has 0 radical (unpaired) electrons. The van der Waals surface area contributed by atoms with Crippen LogP contribution in [0.4, 0.5) is 0 Å². The van der Waals surface area contributed by atoms with E-state index in [0.29, 0.717) is 12.8 Å². The number of sulfonamides is 1. The molecule has 1 atom stereocenters. The normalized spacial score (nSPS) is 13.2. The molecule has 2 aromatic rings. The smallest absolute Gasteiger partial charge is 0.241 e. The molecule has 6 heteroatoms. The van der Waals surface area contributed by atoms with Crippen molar-refractivity contribution in [1.29, 1.82) is 0 Å². The lowest BCUT2D eigenvalue weighted by Crippen LogP contribution is -2.40. The second-order valence-corrected chi connectivity index (χ2v) is 9.38. The maximum absolute atomic E-state index is 12.3. The highest BCUT2D eigenvalue weighted by atomic mass is 32.2. The van der Waals surface area contributed by atoms with Gasteiger partial charge < -0.3 is 5.32 Å². The monoisotopic (exact) mass is 388 g/mol. The first kappa shape index (κ1) is 21.1. The Morgan fingerprint density at radius 1 is 1.00 bits per heavy atom. The van der Waals surface area contributed by atoms with Gasteiger partial charge in [-0.2, -0.15) is 0 Å². The number of carbonyl (C=O) groups is 1. The molecule has 0 aromatic heterocycles. The first-order chi connectivity index (χ1) is 12.6. The summed E-state index contributed by atoms with van der Waals surface area (Å²) in [6.45, 7) is 7.35. The van der Waals surface area contributed by atoms with Gasteiger partial charge in [-0.3, -0.25) is 4.79 Å². The minimum absolute atomic E-state index is 0.0301. The highest BCUT2D eigenvalue weighted by molar-refractivity contribution is 7.89. The zero-order valence-electron chi connectivity index (χ0n) is 16.3. The summed E-state index contributed by atoms with van der Waals surface area (Å²) in [7, 11) is -3.54. The van der Waals surface area contributed by atoms with Gasteiger partial charge in [-0.25, -0.2) is 13.1 Å². The summed E-state index contributed by atoms with van der Waals surface area (Å²) in [6, 6.07) is 16.4. The van der Waals surface area contributed by atoms with Gasteiger partial charge in [-0.1, -0.05) is 42.5 Å². The van der Waals surface area contributed by atoms with Gasteiger partial charge in [-0.05, 0) is 57.4 Å². The summed E-state index contributed by atoms with van der Waals surface area (Å²) in [5, 5.41) is 2.98. The van der Waals surface area contributed by atoms with Crippen LogP contribution in [0.2, 0.25) is 0 Å². The highest BCUT2D eigenvalue weighted by Gasteiger charge is 2.21. The lowest BCUT2D eigenvalue weighted by molar-refractivity contribution is -0.121. The molecule has 0 bridgehead atoms. The van der Waals surface area contributed by atoms with Crippen LogP contribution in [0.15, 0.2) is 59.5 Å². The van der Waals surface area contributed by atoms with Crippen LogP contribution in [0.5, 0.6) is 0 Å². The summed E-state index contributed by atoms with van der Waals surface area (Å²) >= 11 is 0. The van der Waals surface area contributed by atoms with Crippen LogP contribution >= 0.6 is 0 Å². The minimum Gasteiger partial charge on any atom is -0.350 e. The summed E-state index contributed by atoms with van der Waals surface area (Å²) in [4.78, 5) is 12.4. The minimum atomic E-state index is -3.54. The van der Waals surface area contributed by atoms with Crippen LogP contribution in [-0.4, -0.2) is 19.9 Å². The number of hydrogen-bond donors (Lipinski definition) is 2. The Labute approximate surface area is 162 Å². The average molecular weight is 389 g/mol. The van der Waals surface area contributed by atoms with E-state index < -0.39 is 15.6 Å². The molecule has 0 spiro atoms. The van der Waals surface area contributed by atoms with Crippen molar-refractivity contribution in [3.63, 3.8) is 0 Å². The van der Waals surface area contributed by atoms with Crippen LogP contribution in [0.3, 0.4) is 0 Å². The van der Waals surface area contributed by atoms with E-state index in [-0.39, 0.29) is 16.8 Å². The number of carbonyl (C=O) groups excluding carboxylic acids is 1. The Hall–Kier alpha value is -2.18. The first-order valence-corrected chi connectivity index (χ1v) is 10.5. The number of nitrogens with one attached hydrogen (secondary N) is 2. The van der Waals surface area contributed by atoms with E-state index in [1.807, 2.05) is 37.3 Å². The molecule has 2 rings (SSSR count). The van der Waals surface area contributed by atoms with Gasteiger partial charge in [0.1, 0.15) is 0 Å². The average Bonchev–Trinajstić information content (AvgIpc) is 2.59. The van der Waals surface area contributed by atoms with Crippen molar-refractivity contribution < 1.29 is 13.2 Å². The van der Waals surface area contributed by atoms with E-state index in [0.717, 1.165) is 11.1 Å². The van der Waals surface area contributed by atoms with Crippen molar-refractivity contribution in [2.24, 2.45) is 0 Å². The van der Waals surface area contributed by atoms with E-state index in [1.165, 1.54) is 0 Å². The Kier molecular flexibility index (Phi) is 6.78. The van der Waals surface area contributed by atoms with Crippen molar-refractivity contribution in [3.05, 3.63) is 65.7 Å². The van der Waals surface area contributed by atoms with Gasteiger partial charge in [0.05, 0.1) is 10.9 Å². The summed E-state index contributed by atoms with van der Waals surface area (Å²) in [5.41, 5.74) is 1.45. The SMILES string of the molecule is C[C@H](NC(=O)CCc1ccc(S(=O)(=O)NC(C)(C)C)cc1)c1ccccc1. The second-order valence-electron chi connectivity index (χ2n) is 7.70. The van der Waals surface area contributed by atoms with E-state index in [2.05, 4.69) is 10.0 Å². The molecule has 146 valence electrons.